The van der Waals surface area contributed by atoms with E-state index in [-0.39, 0.29) is 0 Å². The lowest BCUT2D eigenvalue weighted by atomic mass is 10.1. The highest BCUT2D eigenvalue weighted by Crippen LogP contribution is 2.10. The second kappa shape index (κ2) is 4.28. The van der Waals surface area contributed by atoms with Crippen LogP contribution in [0.3, 0.4) is 0 Å². The van der Waals surface area contributed by atoms with Gasteiger partial charge < -0.3 is 10.6 Å². The van der Waals surface area contributed by atoms with Crippen molar-refractivity contribution in [1.82, 2.24) is 5.32 Å². The molecule has 2 nitrogen and oxygen atoms in total. The van der Waals surface area contributed by atoms with Crippen LogP contribution in [0.15, 0.2) is 30.3 Å². The SMILES string of the molecule is c1ccc(NC[C@@H]2CCNC2)cc1. The predicted molar refractivity (Wildman–Crippen MR) is 55.9 cm³/mol. The molecule has 0 saturated carbocycles. The molecule has 0 bridgehead atoms. The third kappa shape index (κ3) is 2.46. The van der Waals surface area contributed by atoms with Crippen LogP contribution in [-0.4, -0.2) is 19.6 Å². The van der Waals surface area contributed by atoms with E-state index in [9.17, 15) is 0 Å². The molecule has 1 saturated heterocycles. The topological polar surface area (TPSA) is 24.1 Å². The van der Waals surface area contributed by atoms with Crippen molar-refractivity contribution in [3.63, 3.8) is 0 Å². The molecule has 1 fully saturated rings. The van der Waals surface area contributed by atoms with Crippen molar-refractivity contribution >= 4 is 5.69 Å². The quantitative estimate of drug-likeness (QED) is 0.732. The fourth-order valence-electron chi connectivity index (χ4n) is 1.71. The van der Waals surface area contributed by atoms with E-state index in [1.807, 2.05) is 6.07 Å². The first-order valence-corrected chi connectivity index (χ1v) is 4.95. The van der Waals surface area contributed by atoms with Gasteiger partial charge in [-0.25, -0.2) is 0 Å². The molecule has 1 aromatic rings. The van der Waals surface area contributed by atoms with Gasteiger partial charge in [-0.2, -0.15) is 0 Å². The first-order valence-electron chi connectivity index (χ1n) is 4.95. The van der Waals surface area contributed by atoms with Gasteiger partial charge in [-0.3, -0.25) is 0 Å². The standard InChI is InChI=1S/C11H16N2/c1-2-4-11(5-3-1)13-9-10-6-7-12-8-10/h1-5,10,12-13H,6-9H2/t10-/m1/s1. The zero-order chi connectivity index (χ0) is 8.93. The zero-order valence-corrected chi connectivity index (χ0v) is 7.79. The summed E-state index contributed by atoms with van der Waals surface area (Å²) in [6.45, 7) is 3.44. The van der Waals surface area contributed by atoms with E-state index in [1.54, 1.807) is 0 Å². The second-order valence-electron chi connectivity index (χ2n) is 3.61. The molecular formula is C11H16N2. The maximum atomic E-state index is 3.45. The summed E-state index contributed by atoms with van der Waals surface area (Å²) < 4.78 is 0. The van der Waals surface area contributed by atoms with E-state index in [0.717, 1.165) is 12.5 Å². The Labute approximate surface area is 79.4 Å². The fraction of sp³-hybridized carbons (Fsp3) is 0.455. The van der Waals surface area contributed by atoms with E-state index < -0.39 is 0 Å². The first kappa shape index (κ1) is 8.57. The monoisotopic (exact) mass is 176 g/mol. The van der Waals surface area contributed by atoms with E-state index in [0.29, 0.717) is 0 Å². The number of benzene rings is 1. The van der Waals surface area contributed by atoms with Gasteiger partial charge in [0.05, 0.1) is 0 Å². The van der Waals surface area contributed by atoms with Crippen LogP contribution in [0.4, 0.5) is 5.69 Å². The third-order valence-electron chi connectivity index (χ3n) is 2.53. The third-order valence-corrected chi connectivity index (χ3v) is 2.53. The molecule has 2 N–H and O–H groups in total. The van der Waals surface area contributed by atoms with Gasteiger partial charge in [-0.15, -0.1) is 0 Å². The molecule has 1 heterocycles. The molecule has 0 unspecified atom stereocenters. The minimum atomic E-state index is 0.806. The van der Waals surface area contributed by atoms with Gasteiger partial charge in [0.15, 0.2) is 0 Å². The lowest BCUT2D eigenvalue weighted by Crippen LogP contribution is -2.17. The Kier molecular flexibility index (Phi) is 2.82. The molecule has 0 spiro atoms. The Balaban J connectivity index is 1.79. The Bertz CT molecular complexity index is 240. The lowest BCUT2D eigenvalue weighted by molar-refractivity contribution is 0.615. The van der Waals surface area contributed by atoms with Crippen LogP contribution < -0.4 is 10.6 Å². The summed E-state index contributed by atoms with van der Waals surface area (Å²) in [5.74, 6) is 0.806. The summed E-state index contributed by atoms with van der Waals surface area (Å²) >= 11 is 0. The number of hydrogen-bond acceptors (Lipinski definition) is 2. The fourth-order valence-corrected chi connectivity index (χ4v) is 1.71. The molecule has 1 aromatic carbocycles. The highest BCUT2D eigenvalue weighted by molar-refractivity contribution is 5.42. The van der Waals surface area contributed by atoms with E-state index >= 15 is 0 Å². The van der Waals surface area contributed by atoms with Crippen LogP contribution in [0.25, 0.3) is 0 Å². The summed E-state index contributed by atoms with van der Waals surface area (Å²) in [4.78, 5) is 0. The molecule has 1 aliphatic rings. The number of nitrogens with one attached hydrogen (secondary N) is 2. The average Bonchev–Trinajstić information content (AvgIpc) is 2.69. The Morgan fingerprint density at radius 2 is 2.15 bits per heavy atom. The van der Waals surface area contributed by atoms with Gasteiger partial charge in [0.25, 0.3) is 0 Å². The van der Waals surface area contributed by atoms with Crippen molar-refractivity contribution in [3.8, 4) is 0 Å². The van der Waals surface area contributed by atoms with Gasteiger partial charge >= 0.3 is 0 Å². The molecule has 1 aliphatic heterocycles. The zero-order valence-electron chi connectivity index (χ0n) is 7.79. The average molecular weight is 176 g/mol. The predicted octanol–water partition coefficient (Wildman–Crippen LogP) is 1.71. The second-order valence-corrected chi connectivity index (χ2v) is 3.61. The number of hydrogen-bond donors (Lipinski definition) is 2. The molecule has 0 amide bonds. The molecule has 70 valence electrons. The van der Waals surface area contributed by atoms with Gasteiger partial charge in [-0.1, -0.05) is 18.2 Å². The lowest BCUT2D eigenvalue weighted by Gasteiger charge is -2.10. The van der Waals surface area contributed by atoms with Crippen LogP contribution in [0.1, 0.15) is 6.42 Å². The van der Waals surface area contributed by atoms with Crippen LogP contribution in [-0.2, 0) is 0 Å². The smallest absolute Gasteiger partial charge is 0.0340 e. The largest absolute Gasteiger partial charge is 0.385 e. The summed E-state index contributed by atoms with van der Waals surface area (Å²) in [6, 6.07) is 10.4. The van der Waals surface area contributed by atoms with E-state index in [2.05, 4.69) is 34.9 Å². The van der Waals surface area contributed by atoms with Crippen molar-refractivity contribution in [3.05, 3.63) is 30.3 Å². The van der Waals surface area contributed by atoms with Crippen molar-refractivity contribution in [2.45, 2.75) is 6.42 Å². The van der Waals surface area contributed by atoms with Crippen LogP contribution in [0.2, 0.25) is 0 Å². The van der Waals surface area contributed by atoms with E-state index in [1.165, 1.54) is 25.2 Å². The minimum absolute atomic E-state index is 0.806. The van der Waals surface area contributed by atoms with Crippen molar-refractivity contribution in [1.29, 1.82) is 0 Å². The van der Waals surface area contributed by atoms with Gasteiger partial charge in [0.2, 0.25) is 0 Å². The highest BCUT2D eigenvalue weighted by atomic mass is 14.9. The Morgan fingerprint density at radius 3 is 2.85 bits per heavy atom. The molecule has 0 aliphatic carbocycles. The molecule has 2 rings (SSSR count). The summed E-state index contributed by atoms with van der Waals surface area (Å²) in [5.41, 5.74) is 1.23. The van der Waals surface area contributed by atoms with Crippen molar-refractivity contribution < 1.29 is 0 Å². The first-order chi connectivity index (χ1) is 6.45. The van der Waals surface area contributed by atoms with Crippen molar-refractivity contribution in [2.24, 2.45) is 5.92 Å². The summed E-state index contributed by atoms with van der Waals surface area (Å²) in [7, 11) is 0. The van der Waals surface area contributed by atoms with Crippen LogP contribution in [0, 0.1) is 5.92 Å². The molecule has 0 radical (unpaired) electrons. The van der Waals surface area contributed by atoms with Crippen molar-refractivity contribution in [2.75, 3.05) is 25.0 Å². The normalized spacial score (nSPS) is 21.7. The van der Waals surface area contributed by atoms with Crippen LogP contribution in [0.5, 0.6) is 0 Å². The van der Waals surface area contributed by atoms with Gasteiger partial charge in [0, 0.05) is 12.2 Å². The Hall–Kier alpha value is -1.02. The molecule has 13 heavy (non-hydrogen) atoms. The maximum absolute atomic E-state index is 3.45. The molecule has 1 atom stereocenters. The number of para-hydroxylation sites is 1. The molecule has 2 heteroatoms. The summed E-state index contributed by atoms with van der Waals surface area (Å²) in [5, 5.41) is 6.82. The highest BCUT2D eigenvalue weighted by Gasteiger charge is 2.13. The number of rotatable bonds is 3. The molecule has 0 aromatic heterocycles. The van der Waals surface area contributed by atoms with E-state index in [4.69, 9.17) is 0 Å². The molecular weight excluding hydrogens is 160 g/mol. The Morgan fingerprint density at radius 1 is 1.31 bits per heavy atom. The van der Waals surface area contributed by atoms with Gasteiger partial charge in [-0.05, 0) is 37.6 Å². The summed E-state index contributed by atoms with van der Waals surface area (Å²) in [6.07, 6.45) is 1.31. The maximum Gasteiger partial charge on any atom is 0.0340 e. The minimum Gasteiger partial charge on any atom is -0.385 e. The van der Waals surface area contributed by atoms with Gasteiger partial charge in [0.1, 0.15) is 0 Å². The van der Waals surface area contributed by atoms with Crippen LogP contribution >= 0.6 is 0 Å². The number of anilines is 1.